The lowest BCUT2D eigenvalue weighted by molar-refractivity contribution is 0.0846. The number of nitrogens with one attached hydrogen (secondary N) is 1. The molecule has 0 spiro atoms. The number of imidazole rings is 1. The van der Waals surface area contributed by atoms with Gasteiger partial charge in [0.1, 0.15) is 17.2 Å². The third-order valence-electron chi connectivity index (χ3n) is 4.98. The zero-order valence-electron chi connectivity index (χ0n) is 17.1. The van der Waals surface area contributed by atoms with E-state index in [4.69, 9.17) is 14.5 Å². The van der Waals surface area contributed by atoms with Crippen molar-refractivity contribution in [2.75, 3.05) is 25.1 Å². The van der Waals surface area contributed by atoms with E-state index in [9.17, 15) is 13.6 Å². The normalized spacial score (nSPS) is 14.8. The Kier molecular flexibility index (Phi) is 6.36. The summed E-state index contributed by atoms with van der Waals surface area (Å²) in [5.74, 6) is -0.0360. The van der Waals surface area contributed by atoms with Crippen LogP contribution in [0.1, 0.15) is 60.4 Å². The van der Waals surface area contributed by atoms with Crippen LogP contribution in [0.5, 0.6) is 5.88 Å². The summed E-state index contributed by atoms with van der Waals surface area (Å²) in [4.78, 5) is 25.6. The van der Waals surface area contributed by atoms with Crippen LogP contribution in [0.4, 0.5) is 14.6 Å². The van der Waals surface area contributed by atoms with E-state index in [0.29, 0.717) is 25.5 Å². The summed E-state index contributed by atoms with van der Waals surface area (Å²) in [6, 6.07) is 4.05. The van der Waals surface area contributed by atoms with Crippen LogP contribution in [0.2, 0.25) is 0 Å². The summed E-state index contributed by atoms with van der Waals surface area (Å²) in [6.45, 7) is 3.77. The van der Waals surface area contributed by atoms with E-state index >= 15 is 0 Å². The lowest BCUT2D eigenvalue weighted by Crippen LogP contribution is -2.16. The molecule has 1 aliphatic heterocycles. The summed E-state index contributed by atoms with van der Waals surface area (Å²) in [6.07, 6.45) is 3.22. The molecule has 31 heavy (non-hydrogen) atoms. The smallest absolute Gasteiger partial charge is 0.280 e. The van der Waals surface area contributed by atoms with Crippen LogP contribution in [0, 0.1) is 0 Å². The Morgan fingerprint density at radius 2 is 2.06 bits per heavy atom. The van der Waals surface area contributed by atoms with Crippen LogP contribution in [0.15, 0.2) is 30.6 Å². The summed E-state index contributed by atoms with van der Waals surface area (Å²) in [5.41, 5.74) is 1.09. The van der Waals surface area contributed by atoms with Crippen LogP contribution in [0.3, 0.4) is 0 Å². The van der Waals surface area contributed by atoms with Crippen LogP contribution in [-0.2, 0) is 4.74 Å². The Bertz CT molecular complexity index is 1070. The van der Waals surface area contributed by atoms with Crippen molar-refractivity contribution in [3.05, 3.63) is 47.7 Å². The number of fused-ring (bicyclic) bond motifs is 1. The van der Waals surface area contributed by atoms with E-state index in [2.05, 4.69) is 15.3 Å². The molecule has 3 aromatic rings. The average Bonchev–Trinajstić information content (AvgIpc) is 3.22. The van der Waals surface area contributed by atoms with Crippen LogP contribution >= 0.6 is 0 Å². The molecule has 0 aliphatic carbocycles. The number of carbonyl (C=O) groups excluding carboxylic acids is 1. The molecule has 164 valence electrons. The maximum absolute atomic E-state index is 12.9. The highest BCUT2D eigenvalue weighted by atomic mass is 19.3. The van der Waals surface area contributed by atoms with Crippen molar-refractivity contribution in [3.8, 4) is 5.88 Å². The average molecular weight is 431 g/mol. The number of amides is 1. The zero-order chi connectivity index (χ0) is 21.8. The molecule has 1 amide bonds. The van der Waals surface area contributed by atoms with Crippen LogP contribution in [0.25, 0.3) is 5.65 Å². The van der Waals surface area contributed by atoms with Crippen LogP contribution in [-0.4, -0.2) is 45.1 Å². The first kappa shape index (κ1) is 21.1. The predicted octanol–water partition coefficient (Wildman–Crippen LogP) is 4.00. The highest BCUT2D eigenvalue weighted by molar-refractivity contribution is 6.02. The van der Waals surface area contributed by atoms with E-state index < -0.39 is 18.0 Å². The van der Waals surface area contributed by atoms with Crippen molar-refractivity contribution in [2.45, 2.75) is 38.5 Å². The van der Waals surface area contributed by atoms with Crippen molar-refractivity contribution in [1.82, 2.24) is 19.4 Å². The van der Waals surface area contributed by atoms with Gasteiger partial charge in [-0.3, -0.25) is 9.20 Å². The Labute approximate surface area is 177 Å². The fourth-order valence-corrected chi connectivity index (χ4v) is 3.41. The number of anilines is 1. The van der Waals surface area contributed by atoms with Gasteiger partial charge in [0.2, 0.25) is 5.65 Å². The number of aromatic nitrogens is 4. The minimum atomic E-state index is -2.73. The van der Waals surface area contributed by atoms with Gasteiger partial charge in [0.25, 0.3) is 18.2 Å². The second kappa shape index (κ2) is 9.34. The third-order valence-corrected chi connectivity index (χ3v) is 4.98. The minimum absolute atomic E-state index is 0.0225. The first-order chi connectivity index (χ1) is 15.0. The Balaban J connectivity index is 1.64. The third kappa shape index (κ3) is 4.79. The van der Waals surface area contributed by atoms with Gasteiger partial charge >= 0.3 is 0 Å². The quantitative estimate of drug-likeness (QED) is 0.608. The van der Waals surface area contributed by atoms with Gasteiger partial charge in [-0.05, 0) is 31.4 Å². The summed E-state index contributed by atoms with van der Waals surface area (Å²) in [7, 11) is 0. The lowest BCUT2D eigenvalue weighted by atomic mass is 9.97. The van der Waals surface area contributed by atoms with Gasteiger partial charge in [0.15, 0.2) is 0 Å². The molecule has 0 bridgehead atoms. The van der Waals surface area contributed by atoms with Crippen molar-refractivity contribution in [1.29, 1.82) is 0 Å². The topological polar surface area (TPSA) is 90.6 Å². The lowest BCUT2D eigenvalue weighted by Gasteiger charge is -2.19. The highest BCUT2D eigenvalue weighted by Crippen LogP contribution is 2.28. The van der Waals surface area contributed by atoms with Gasteiger partial charge in [-0.1, -0.05) is 13.0 Å². The molecule has 1 fully saturated rings. The number of pyridine rings is 1. The van der Waals surface area contributed by atoms with Crippen molar-refractivity contribution < 1.29 is 23.0 Å². The molecule has 0 unspecified atom stereocenters. The van der Waals surface area contributed by atoms with Gasteiger partial charge in [-0.25, -0.2) is 23.7 Å². The molecule has 0 aromatic carbocycles. The van der Waals surface area contributed by atoms with Gasteiger partial charge in [0.05, 0.1) is 12.3 Å². The van der Waals surface area contributed by atoms with E-state index in [1.807, 2.05) is 13.1 Å². The first-order valence-electron chi connectivity index (χ1n) is 10.2. The molecular formula is C21H23F2N5O3. The molecule has 0 radical (unpaired) electrons. The molecule has 1 saturated heterocycles. The zero-order valence-corrected chi connectivity index (χ0v) is 17.1. The molecule has 4 rings (SSSR count). The SMILES string of the molecule is CCCOc1nc(C(=O)Nc2cccc(C(F)F)n2)cn2cc(C3CCOCC3)nc12. The number of nitrogens with zero attached hydrogens (tertiary/aromatic N) is 4. The maximum Gasteiger partial charge on any atom is 0.280 e. The molecule has 0 atom stereocenters. The van der Waals surface area contributed by atoms with Crippen molar-refractivity contribution in [3.63, 3.8) is 0 Å². The minimum Gasteiger partial charge on any atom is -0.475 e. The number of carbonyl (C=O) groups is 1. The van der Waals surface area contributed by atoms with Gasteiger partial charge in [0, 0.05) is 31.5 Å². The summed E-state index contributed by atoms with van der Waals surface area (Å²) >= 11 is 0. The fraction of sp³-hybridized carbons (Fsp3) is 0.429. The van der Waals surface area contributed by atoms with Crippen LogP contribution < -0.4 is 10.1 Å². The van der Waals surface area contributed by atoms with Crippen molar-refractivity contribution in [2.24, 2.45) is 0 Å². The molecule has 0 saturated carbocycles. The Morgan fingerprint density at radius 3 is 2.81 bits per heavy atom. The number of halogens is 2. The largest absolute Gasteiger partial charge is 0.475 e. The van der Waals surface area contributed by atoms with E-state index in [0.717, 1.165) is 25.0 Å². The van der Waals surface area contributed by atoms with E-state index in [1.165, 1.54) is 18.2 Å². The van der Waals surface area contributed by atoms with Gasteiger partial charge < -0.3 is 14.8 Å². The maximum atomic E-state index is 12.9. The second-order valence-corrected chi connectivity index (χ2v) is 7.27. The number of ether oxygens (including phenoxy) is 2. The molecule has 1 N–H and O–H groups in total. The number of hydrogen-bond acceptors (Lipinski definition) is 6. The standard InChI is InChI=1S/C21H23F2N5O3/c1-2-8-31-21-19-25-15(13-6-9-30-10-7-13)11-28(19)12-16(26-21)20(29)27-17-5-3-4-14(24-17)18(22)23/h3-5,11-13,18H,2,6-10H2,1H3,(H,24,27,29). The molecule has 10 heteroatoms. The highest BCUT2D eigenvalue weighted by Gasteiger charge is 2.22. The molecule has 3 aromatic heterocycles. The van der Waals surface area contributed by atoms with Gasteiger partial charge in [-0.2, -0.15) is 0 Å². The van der Waals surface area contributed by atoms with Gasteiger partial charge in [-0.15, -0.1) is 0 Å². The molecular weight excluding hydrogens is 408 g/mol. The summed E-state index contributed by atoms with van der Waals surface area (Å²) < 4.78 is 38.7. The molecule has 1 aliphatic rings. The molecule has 4 heterocycles. The Morgan fingerprint density at radius 1 is 1.26 bits per heavy atom. The van der Waals surface area contributed by atoms with E-state index in [1.54, 1.807) is 10.6 Å². The Hall–Kier alpha value is -3.14. The monoisotopic (exact) mass is 431 g/mol. The first-order valence-corrected chi connectivity index (χ1v) is 10.2. The number of rotatable bonds is 7. The van der Waals surface area contributed by atoms with Crippen molar-refractivity contribution >= 4 is 17.4 Å². The van der Waals surface area contributed by atoms with E-state index in [-0.39, 0.29) is 23.3 Å². The predicted molar refractivity (Wildman–Crippen MR) is 109 cm³/mol. The summed E-state index contributed by atoms with van der Waals surface area (Å²) in [5, 5.41) is 2.52. The fourth-order valence-electron chi connectivity index (χ4n) is 3.41. The number of hydrogen-bond donors (Lipinski definition) is 1. The number of alkyl halides is 2. The second-order valence-electron chi connectivity index (χ2n) is 7.27. The molecule has 8 nitrogen and oxygen atoms in total.